The van der Waals surface area contributed by atoms with Crippen molar-refractivity contribution in [2.75, 3.05) is 44.7 Å². The number of hydrogen-bond donors (Lipinski definition) is 0. The summed E-state index contributed by atoms with van der Waals surface area (Å²) in [5, 5.41) is 0. The lowest BCUT2D eigenvalue weighted by atomic mass is 9.97. The molecule has 1 heterocycles. The molecule has 2 aromatic rings. The molecule has 27 heavy (non-hydrogen) atoms. The predicted octanol–water partition coefficient (Wildman–Crippen LogP) is 3.02. The first-order valence-corrected chi connectivity index (χ1v) is 11.5. The Bertz CT molecular complexity index is 794. The van der Waals surface area contributed by atoms with E-state index in [9.17, 15) is 8.42 Å². The minimum atomic E-state index is -2.87. The van der Waals surface area contributed by atoms with Gasteiger partial charge in [-0.15, -0.1) is 0 Å². The average Bonchev–Trinajstić information content (AvgIpc) is 2.83. The van der Waals surface area contributed by atoms with Crippen LogP contribution >= 0.6 is 0 Å². The van der Waals surface area contributed by atoms with Crippen molar-refractivity contribution in [2.24, 2.45) is 0 Å². The van der Waals surface area contributed by atoms with Gasteiger partial charge in [0.1, 0.15) is 0 Å². The van der Waals surface area contributed by atoms with Gasteiger partial charge in [-0.25, -0.2) is 8.42 Å². The predicted molar refractivity (Wildman–Crippen MR) is 112 cm³/mol. The highest BCUT2D eigenvalue weighted by Crippen LogP contribution is 2.20. The quantitative estimate of drug-likeness (QED) is 0.733. The van der Waals surface area contributed by atoms with Gasteiger partial charge in [0, 0.05) is 32.1 Å². The number of benzene rings is 2. The van der Waals surface area contributed by atoms with E-state index in [1.807, 2.05) is 12.1 Å². The highest BCUT2D eigenvalue weighted by Gasteiger charge is 2.23. The van der Waals surface area contributed by atoms with Crippen LogP contribution in [0.3, 0.4) is 0 Å². The lowest BCUT2D eigenvalue weighted by Gasteiger charge is -2.29. The molecular weight excluding hydrogens is 356 g/mol. The molecule has 0 N–H and O–H groups in total. The third-order valence-corrected chi connectivity index (χ3v) is 6.94. The molecule has 0 amide bonds. The molecule has 0 saturated carbocycles. The molecule has 3 rings (SSSR count). The second-order valence-electron chi connectivity index (χ2n) is 7.60. The average molecular weight is 387 g/mol. The third-order valence-electron chi connectivity index (χ3n) is 5.23. The van der Waals surface area contributed by atoms with Crippen molar-refractivity contribution in [1.29, 1.82) is 0 Å². The van der Waals surface area contributed by atoms with Gasteiger partial charge in [0.25, 0.3) is 0 Å². The smallest absolute Gasteiger partial charge is 0.151 e. The maximum atomic E-state index is 11.9. The molecule has 1 unspecified atom stereocenters. The van der Waals surface area contributed by atoms with Gasteiger partial charge < -0.3 is 9.80 Å². The summed E-state index contributed by atoms with van der Waals surface area (Å²) in [4.78, 5) is 4.69. The molecule has 5 heteroatoms. The van der Waals surface area contributed by atoms with E-state index < -0.39 is 9.84 Å². The summed E-state index contributed by atoms with van der Waals surface area (Å²) in [5.41, 5.74) is 2.64. The number of nitrogens with zero attached hydrogens (tertiary/aromatic N) is 2. The van der Waals surface area contributed by atoms with Crippen molar-refractivity contribution in [1.82, 2.24) is 9.80 Å². The summed E-state index contributed by atoms with van der Waals surface area (Å²) < 4.78 is 23.8. The van der Waals surface area contributed by atoms with E-state index in [0.29, 0.717) is 18.2 Å². The fourth-order valence-corrected chi connectivity index (χ4v) is 5.12. The molecule has 146 valence electrons. The van der Waals surface area contributed by atoms with Crippen LogP contribution in [0.25, 0.3) is 0 Å². The van der Waals surface area contributed by atoms with Crippen molar-refractivity contribution < 1.29 is 8.42 Å². The first kappa shape index (κ1) is 20.1. The molecule has 0 radical (unpaired) electrons. The summed E-state index contributed by atoms with van der Waals surface area (Å²) in [6, 6.07) is 21.1. The fourth-order valence-electron chi connectivity index (χ4n) is 3.81. The Hall–Kier alpha value is -1.69. The topological polar surface area (TPSA) is 40.6 Å². The third kappa shape index (κ3) is 6.45. The Morgan fingerprint density at radius 3 is 2.33 bits per heavy atom. The van der Waals surface area contributed by atoms with Gasteiger partial charge in [0.15, 0.2) is 9.84 Å². The highest BCUT2D eigenvalue weighted by atomic mass is 32.2. The van der Waals surface area contributed by atoms with E-state index in [0.717, 1.165) is 32.6 Å². The minimum Gasteiger partial charge on any atom is -0.302 e. The number of sulfone groups is 1. The van der Waals surface area contributed by atoms with E-state index in [1.165, 1.54) is 11.1 Å². The highest BCUT2D eigenvalue weighted by molar-refractivity contribution is 7.91. The van der Waals surface area contributed by atoms with Crippen LogP contribution in [-0.2, 0) is 16.4 Å². The zero-order chi connectivity index (χ0) is 19.1. The van der Waals surface area contributed by atoms with E-state index in [4.69, 9.17) is 0 Å². The van der Waals surface area contributed by atoms with Crippen LogP contribution in [0, 0.1) is 0 Å². The molecule has 0 bridgehead atoms. The van der Waals surface area contributed by atoms with E-state index in [-0.39, 0.29) is 5.75 Å². The van der Waals surface area contributed by atoms with E-state index in [1.54, 1.807) is 0 Å². The summed E-state index contributed by atoms with van der Waals surface area (Å²) in [5.74, 6) is 0.975. The van der Waals surface area contributed by atoms with Gasteiger partial charge in [0.2, 0.25) is 0 Å². The van der Waals surface area contributed by atoms with Gasteiger partial charge in [-0.05, 0) is 31.1 Å². The summed E-state index contributed by atoms with van der Waals surface area (Å²) in [6.07, 6.45) is 0.740. The molecule has 0 aromatic heterocycles. The Kier molecular flexibility index (Phi) is 7.05. The summed E-state index contributed by atoms with van der Waals surface area (Å²) >= 11 is 0. The molecule has 1 fully saturated rings. The number of hydrogen-bond acceptors (Lipinski definition) is 4. The fraction of sp³-hybridized carbons (Fsp3) is 0.455. The van der Waals surface area contributed by atoms with Gasteiger partial charge in [-0.3, -0.25) is 0 Å². The molecule has 0 aliphatic carbocycles. The molecule has 1 atom stereocenters. The first-order chi connectivity index (χ1) is 13.0. The Morgan fingerprint density at radius 2 is 1.63 bits per heavy atom. The zero-order valence-corrected chi connectivity index (χ0v) is 16.9. The standard InChI is InChI=1S/C22H30N2O2S/c1-23(17-20-9-4-2-5-10-20)18-22(21-11-6-3-7-12-21)19-24-13-8-15-27(25,26)16-14-24/h2-7,9-12,22H,8,13-19H2,1H3. The lowest BCUT2D eigenvalue weighted by Crippen LogP contribution is -2.35. The molecule has 4 nitrogen and oxygen atoms in total. The molecule has 0 spiro atoms. The molecule has 1 saturated heterocycles. The molecule has 1 aliphatic heterocycles. The van der Waals surface area contributed by atoms with Crippen molar-refractivity contribution >= 4 is 9.84 Å². The maximum Gasteiger partial charge on any atom is 0.151 e. The Morgan fingerprint density at radius 1 is 0.963 bits per heavy atom. The van der Waals surface area contributed by atoms with Gasteiger partial charge in [-0.1, -0.05) is 60.7 Å². The van der Waals surface area contributed by atoms with Crippen LogP contribution in [0.1, 0.15) is 23.5 Å². The second kappa shape index (κ2) is 9.49. The molecule has 1 aliphatic rings. The van der Waals surface area contributed by atoms with Crippen molar-refractivity contribution in [3.63, 3.8) is 0 Å². The minimum absolute atomic E-state index is 0.286. The Labute approximate surface area is 163 Å². The normalized spacial score (nSPS) is 18.9. The van der Waals surface area contributed by atoms with E-state index >= 15 is 0 Å². The van der Waals surface area contributed by atoms with Crippen molar-refractivity contribution in [2.45, 2.75) is 18.9 Å². The van der Waals surface area contributed by atoms with E-state index in [2.05, 4.69) is 65.4 Å². The van der Waals surface area contributed by atoms with Crippen LogP contribution in [0.2, 0.25) is 0 Å². The maximum absolute atomic E-state index is 11.9. The lowest BCUT2D eigenvalue weighted by molar-refractivity contribution is 0.232. The van der Waals surface area contributed by atoms with Gasteiger partial charge >= 0.3 is 0 Å². The SMILES string of the molecule is CN(Cc1ccccc1)CC(CN1CCCS(=O)(=O)CC1)c1ccccc1. The largest absolute Gasteiger partial charge is 0.302 e. The second-order valence-corrected chi connectivity index (χ2v) is 9.90. The summed E-state index contributed by atoms with van der Waals surface area (Å²) in [7, 11) is -0.706. The zero-order valence-electron chi connectivity index (χ0n) is 16.1. The number of rotatable bonds is 7. The van der Waals surface area contributed by atoms with Crippen molar-refractivity contribution in [3.05, 3.63) is 71.8 Å². The first-order valence-electron chi connectivity index (χ1n) is 9.72. The van der Waals surface area contributed by atoms with Crippen molar-refractivity contribution in [3.8, 4) is 0 Å². The monoisotopic (exact) mass is 386 g/mol. The summed E-state index contributed by atoms with van der Waals surface area (Å²) in [6.45, 7) is 4.28. The van der Waals surface area contributed by atoms with Crippen LogP contribution in [0.4, 0.5) is 0 Å². The molecular formula is C22H30N2O2S. The van der Waals surface area contributed by atoms with Crippen LogP contribution in [-0.4, -0.2) is 63.0 Å². The van der Waals surface area contributed by atoms with Crippen LogP contribution in [0.5, 0.6) is 0 Å². The van der Waals surface area contributed by atoms with Crippen LogP contribution < -0.4 is 0 Å². The van der Waals surface area contributed by atoms with Gasteiger partial charge in [0.05, 0.1) is 11.5 Å². The van der Waals surface area contributed by atoms with Gasteiger partial charge in [-0.2, -0.15) is 0 Å². The Balaban J connectivity index is 1.68. The molecule has 2 aromatic carbocycles. The number of likely N-dealkylation sites (N-methyl/N-ethyl adjacent to an activating group) is 1. The van der Waals surface area contributed by atoms with Crippen LogP contribution in [0.15, 0.2) is 60.7 Å².